The van der Waals surface area contributed by atoms with Crippen molar-refractivity contribution in [2.24, 2.45) is 11.3 Å². The lowest BCUT2D eigenvalue weighted by Gasteiger charge is -2.34. The first-order chi connectivity index (χ1) is 9.66. The Bertz CT molecular complexity index is 246. The molecule has 0 bridgehead atoms. The molecule has 2 aliphatic rings. The standard InChI is InChI=1S/C18H36N2/c1-18(2)11-9-16(10-12-18)15-19-13-6-14-20-17-7-4-3-5-8-17/h16-17,19-20H,3-15H2,1-2H3. The van der Waals surface area contributed by atoms with Crippen LogP contribution in [0, 0.1) is 11.3 Å². The second-order valence-corrected chi connectivity index (χ2v) is 7.95. The summed E-state index contributed by atoms with van der Waals surface area (Å²) in [7, 11) is 0. The summed E-state index contributed by atoms with van der Waals surface area (Å²) in [5, 5.41) is 7.41. The largest absolute Gasteiger partial charge is 0.316 e. The zero-order chi connectivity index (χ0) is 14.3. The SMILES string of the molecule is CC1(C)CCC(CNCCCNC2CCCCC2)CC1. The Kier molecular flexibility index (Phi) is 6.83. The van der Waals surface area contributed by atoms with Crippen molar-refractivity contribution in [1.82, 2.24) is 10.6 Å². The summed E-state index contributed by atoms with van der Waals surface area (Å²) in [6, 6.07) is 0.823. The minimum Gasteiger partial charge on any atom is -0.316 e. The maximum Gasteiger partial charge on any atom is 0.00670 e. The predicted octanol–water partition coefficient (Wildman–Crippen LogP) is 4.10. The van der Waals surface area contributed by atoms with E-state index in [0.29, 0.717) is 5.41 Å². The molecule has 0 spiro atoms. The Morgan fingerprint density at radius 3 is 2.30 bits per heavy atom. The second kappa shape index (κ2) is 8.38. The van der Waals surface area contributed by atoms with Crippen LogP contribution < -0.4 is 10.6 Å². The molecule has 0 aromatic heterocycles. The second-order valence-electron chi connectivity index (χ2n) is 7.95. The molecule has 0 amide bonds. The quantitative estimate of drug-likeness (QED) is 0.686. The van der Waals surface area contributed by atoms with Crippen LogP contribution >= 0.6 is 0 Å². The van der Waals surface area contributed by atoms with Gasteiger partial charge in [0.25, 0.3) is 0 Å². The van der Waals surface area contributed by atoms with E-state index in [2.05, 4.69) is 24.5 Å². The van der Waals surface area contributed by atoms with Crippen LogP contribution in [0.4, 0.5) is 0 Å². The molecule has 2 nitrogen and oxygen atoms in total. The van der Waals surface area contributed by atoms with E-state index in [0.717, 1.165) is 12.0 Å². The number of hydrogen-bond acceptors (Lipinski definition) is 2. The lowest BCUT2D eigenvalue weighted by Crippen LogP contribution is -2.34. The molecule has 2 aliphatic carbocycles. The van der Waals surface area contributed by atoms with Crippen molar-refractivity contribution in [2.75, 3.05) is 19.6 Å². The first kappa shape index (κ1) is 16.3. The molecule has 2 fully saturated rings. The summed E-state index contributed by atoms with van der Waals surface area (Å²) in [5.41, 5.74) is 0.612. The molecule has 2 rings (SSSR count). The third-order valence-electron chi connectivity index (χ3n) is 5.46. The fraction of sp³-hybridized carbons (Fsp3) is 1.00. The molecule has 2 N–H and O–H groups in total. The third-order valence-corrected chi connectivity index (χ3v) is 5.46. The highest BCUT2D eigenvalue weighted by Gasteiger charge is 2.26. The van der Waals surface area contributed by atoms with Gasteiger partial charge in [-0.25, -0.2) is 0 Å². The zero-order valence-corrected chi connectivity index (χ0v) is 13.8. The molecule has 0 saturated heterocycles. The van der Waals surface area contributed by atoms with E-state index in [1.165, 1.54) is 83.8 Å². The topological polar surface area (TPSA) is 24.1 Å². The molecule has 118 valence electrons. The van der Waals surface area contributed by atoms with Crippen molar-refractivity contribution < 1.29 is 0 Å². The highest BCUT2D eigenvalue weighted by Crippen LogP contribution is 2.37. The molecule has 0 atom stereocenters. The first-order valence-electron chi connectivity index (χ1n) is 9.10. The average molecular weight is 280 g/mol. The van der Waals surface area contributed by atoms with E-state index in [4.69, 9.17) is 0 Å². The van der Waals surface area contributed by atoms with Crippen molar-refractivity contribution in [1.29, 1.82) is 0 Å². The van der Waals surface area contributed by atoms with Gasteiger partial charge < -0.3 is 10.6 Å². The molecule has 0 aromatic rings. The minimum atomic E-state index is 0.612. The Hall–Kier alpha value is -0.0800. The van der Waals surface area contributed by atoms with Crippen molar-refractivity contribution >= 4 is 0 Å². The normalized spacial score (nSPS) is 24.9. The molecule has 0 radical (unpaired) electrons. The van der Waals surface area contributed by atoms with Gasteiger partial charge in [0.2, 0.25) is 0 Å². The van der Waals surface area contributed by atoms with Crippen LogP contribution in [0.15, 0.2) is 0 Å². The van der Waals surface area contributed by atoms with E-state index in [1.807, 2.05) is 0 Å². The van der Waals surface area contributed by atoms with Gasteiger partial charge >= 0.3 is 0 Å². The maximum atomic E-state index is 3.73. The van der Waals surface area contributed by atoms with Crippen LogP contribution in [0.1, 0.15) is 78.1 Å². The van der Waals surface area contributed by atoms with Gasteiger partial charge in [-0.3, -0.25) is 0 Å². The van der Waals surface area contributed by atoms with Gasteiger partial charge in [-0.05, 0) is 75.9 Å². The van der Waals surface area contributed by atoms with E-state index < -0.39 is 0 Å². The van der Waals surface area contributed by atoms with E-state index >= 15 is 0 Å². The molecular weight excluding hydrogens is 244 g/mol. The zero-order valence-electron chi connectivity index (χ0n) is 13.8. The third kappa shape index (κ3) is 6.13. The van der Waals surface area contributed by atoms with Crippen molar-refractivity contribution in [3.8, 4) is 0 Å². The lowest BCUT2D eigenvalue weighted by atomic mass is 9.73. The fourth-order valence-corrected chi connectivity index (χ4v) is 3.80. The van der Waals surface area contributed by atoms with E-state index in [1.54, 1.807) is 0 Å². The molecule has 0 heterocycles. The average Bonchev–Trinajstić information content (AvgIpc) is 2.45. The van der Waals surface area contributed by atoms with Gasteiger partial charge in [-0.1, -0.05) is 33.1 Å². The van der Waals surface area contributed by atoms with Gasteiger partial charge in [-0.2, -0.15) is 0 Å². The first-order valence-corrected chi connectivity index (χ1v) is 9.10. The van der Waals surface area contributed by atoms with Crippen molar-refractivity contribution in [2.45, 2.75) is 84.1 Å². The van der Waals surface area contributed by atoms with Crippen LogP contribution in [0.3, 0.4) is 0 Å². The van der Waals surface area contributed by atoms with Crippen LogP contribution in [-0.2, 0) is 0 Å². The Morgan fingerprint density at radius 2 is 1.60 bits per heavy atom. The molecule has 0 aromatic carbocycles. The van der Waals surface area contributed by atoms with Gasteiger partial charge in [0, 0.05) is 6.04 Å². The number of rotatable bonds is 7. The van der Waals surface area contributed by atoms with Crippen LogP contribution in [0.2, 0.25) is 0 Å². The van der Waals surface area contributed by atoms with E-state index in [-0.39, 0.29) is 0 Å². The van der Waals surface area contributed by atoms with Crippen molar-refractivity contribution in [3.05, 3.63) is 0 Å². The van der Waals surface area contributed by atoms with Crippen LogP contribution in [0.5, 0.6) is 0 Å². The molecular formula is C18H36N2. The minimum absolute atomic E-state index is 0.612. The molecule has 2 heteroatoms. The van der Waals surface area contributed by atoms with E-state index in [9.17, 15) is 0 Å². The highest BCUT2D eigenvalue weighted by atomic mass is 14.9. The summed E-state index contributed by atoms with van der Waals surface area (Å²) in [5.74, 6) is 0.939. The van der Waals surface area contributed by atoms with Crippen LogP contribution in [0.25, 0.3) is 0 Å². The summed E-state index contributed by atoms with van der Waals surface area (Å²) >= 11 is 0. The molecule has 0 unspecified atom stereocenters. The summed E-state index contributed by atoms with van der Waals surface area (Å²) in [6.07, 6.45) is 14.1. The van der Waals surface area contributed by atoms with Crippen LogP contribution in [-0.4, -0.2) is 25.7 Å². The molecule has 0 aliphatic heterocycles. The molecule has 20 heavy (non-hydrogen) atoms. The van der Waals surface area contributed by atoms with Gasteiger partial charge in [0.1, 0.15) is 0 Å². The Morgan fingerprint density at radius 1 is 0.900 bits per heavy atom. The van der Waals surface area contributed by atoms with Gasteiger partial charge in [0.15, 0.2) is 0 Å². The Balaban J connectivity index is 1.42. The summed E-state index contributed by atoms with van der Waals surface area (Å²) < 4.78 is 0. The Labute approximate surface area is 126 Å². The van der Waals surface area contributed by atoms with Crippen molar-refractivity contribution in [3.63, 3.8) is 0 Å². The summed E-state index contributed by atoms with van der Waals surface area (Å²) in [4.78, 5) is 0. The number of hydrogen-bond donors (Lipinski definition) is 2. The monoisotopic (exact) mass is 280 g/mol. The van der Waals surface area contributed by atoms with Gasteiger partial charge in [-0.15, -0.1) is 0 Å². The smallest absolute Gasteiger partial charge is 0.00670 e. The maximum absolute atomic E-state index is 3.73. The lowest BCUT2D eigenvalue weighted by molar-refractivity contribution is 0.189. The summed E-state index contributed by atoms with van der Waals surface area (Å²) in [6.45, 7) is 8.50. The van der Waals surface area contributed by atoms with Gasteiger partial charge in [0.05, 0.1) is 0 Å². The molecule has 2 saturated carbocycles. The highest BCUT2D eigenvalue weighted by molar-refractivity contribution is 4.79. The number of nitrogens with one attached hydrogen (secondary N) is 2. The predicted molar refractivity (Wildman–Crippen MR) is 88.1 cm³/mol. The fourth-order valence-electron chi connectivity index (χ4n) is 3.80.